The molecule has 0 aliphatic carbocycles. The van der Waals surface area contributed by atoms with Crippen molar-refractivity contribution in [3.63, 3.8) is 0 Å². The van der Waals surface area contributed by atoms with Gasteiger partial charge in [0.25, 0.3) is 0 Å². The lowest BCUT2D eigenvalue weighted by molar-refractivity contribution is -0.154. The molecule has 224 valence electrons. The summed E-state index contributed by atoms with van der Waals surface area (Å²) in [5.41, 5.74) is -1.16. The quantitative estimate of drug-likeness (QED) is 0.253. The molecule has 0 aromatic heterocycles. The van der Waals surface area contributed by atoms with Gasteiger partial charge < -0.3 is 24.5 Å². The predicted octanol–water partition coefficient (Wildman–Crippen LogP) is 4.34. The molecule has 6 atom stereocenters. The summed E-state index contributed by atoms with van der Waals surface area (Å²) in [4.78, 5) is 48.7. The fourth-order valence-corrected chi connectivity index (χ4v) is 7.59. The SMILES string of the molecule is C=CCN(C(=O)[C@H]1[C@H]2C(=O)N(CCCCO)C(C(=O)N(CC=C)C(C)CCC)C23CC[C@]1(CC)O3)c1ccccc1. The number of likely N-dealkylation sites (tertiary alicyclic amines) is 1. The minimum Gasteiger partial charge on any atom is -0.396 e. The Bertz CT molecular complexity index is 1130. The number of benzene rings is 1. The van der Waals surface area contributed by atoms with Crippen molar-refractivity contribution >= 4 is 23.4 Å². The van der Waals surface area contributed by atoms with Gasteiger partial charge in [-0.05, 0) is 57.6 Å². The molecule has 41 heavy (non-hydrogen) atoms. The molecule has 0 radical (unpaired) electrons. The highest BCUT2D eigenvalue weighted by Gasteiger charge is 2.79. The Morgan fingerprint density at radius 3 is 2.44 bits per heavy atom. The summed E-state index contributed by atoms with van der Waals surface area (Å²) in [6, 6.07) is 8.58. The highest BCUT2D eigenvalue weighted by molar-refractivity contribution is 6.03. The van der Waals surface area contributed by atoms with Crippen molar-refractivity contribution in [3.8, 4) is 0 Å². The molecule has 3 unspecified atom stereocenters. The van der Waals surface area contributed by atoms with E-state index in [2.05, 4.69) is 20.1 Å². The number of nitrogens with zero attached hydrogens (tertiary/aromatic N) is 3. The molecule has 3 fully saturated rings. The van der Waals surface area contributed by atoms with E-state index in [1.807, 2.05) is 49.1 Å². The number of aliphatic hydroxyl groups excluding tert-OH is 1. The lowest BCUT2D eigenvalue weighted by Crippen LogP contribution is -2.58. The Hall–Kier alpha value is -2.97. The average molecular weight is 566 g/mol. The van der Waals surface area contributed by atoms with Gasteiger partial charge in [-0.2, -0.15) is 0 Å². The highest BCUT2D eigenvalue weighted by atomic mass is 16.5. The van der Waals surface area contributed by atoms with Crippen LogP contribution in [0.1, 0.15) is 65.7 Å². The number of hydrogen-bond acceptors (Lipinski definition) is 5. The second-order valence-electron chi connectivity index (χ2n) is 11.8. The van der Waals surface area contributed by atoms with Crippen LogP contribution in [-0.2, 0) is 19.1 Å². The van der Waals surface area contributed by atoms with Crippen LogP contribution in [0.5, 0.6) is 0 Å². The molecule has 4 rings (SSSR count). The number of anilines is 1. The first-order valence-corrected chi connectivity index (χ1v) is 15.3. The monoisotopic (exact) mass is 565 g/mol. The predicted molar refractivity (Wildman–Crippen MR) is 160 cm³/mol. The Kier molecular flexibility index (Phi) is 9.75. The first kappa shape index (κ1) is 31.0. The molecule has 2 bridgehead atoms. The Labute approximate surface area is 245 Å². The molecule has 3 saturated heterocycles. The molecule has 1 spiro atoms. The third-order valence-corrected chi connectivity index (χ3v) is 9.48. The van der Waals surface area contributed by atoms with E-state index in [1.165, 1.54) is 0 Å². The smallest absolute Gasteiger partial charge is 0.248 e. The van der Waals surface area contributed by atoms with Crippen molar-refractivity contribution in [3.05, 3.63) is 55.6 Å². The van der Waals surface area contributed by atoms with Crippen LogP contribution in [0.15, 0.2) is 55.6 Å². The summed E-state index contributed by atoms with van der Waals surface area (Å²) < 4.78 is 6.97. The van der Waals surface area contributed by atoms with Crippen molar-refractivity contribution in [1.82, 2.24) is 9.80 Å². The van der Waals surface area contributed by atoms with E-state index < -0.39 is 29.1 Å². The maximum atomic E-state index is 14.5. The van der Waals surface area contributed by atoms with Crippen LogP contribution in [-0.4, -0.2) is 82.2 Å². The van der Waals surface area contributed by atoms with Crippen molar-refractivity contribution < 1.29 is 24.2 Å². The lowest BCUT2D eigenvalue weighted by atomic mass is 9.64. The van der Waals surface area contributed by atoms with E-state index >= 15 is 0 Å². The molecular formula is C33H47N3O5. The zero-order valence-electron chi connectivity index (χ0n) is 25.0. The zero-order chi connectivity index (χ0) is 29.8. The molecule has 1 aromatic carbocycles. The first-order valence-electron chi connectivity index (χ1n) is 15.3. The Morgan fingerprint density at radius 2 is 1.83 bits per heavy atom. The van der Waals surface area contributed by atoms with Crippen molar-refractivity contribution in [2.75, 3.05) is 31.1 Å². The largest absolute Gasteiger partial charge is 0.396 e. The van der Waals surface area contributed by atoms with Crippen molar-refractivity contribution in [1.29, 1.82) is 0 Å². The number of amides is 3. The van der Waals surface area contributed by atoms with Crippen LogP contribution in [0.3, 0.4) is 0 Å². The molecule has 3 amide bonds. The number of fused-ring (bicyclic) bond motifs is 1. The van der Waals surface area contributed by atoms with E-state index in [-0.39, 0.29) is 30.4 Å². The molecular weight excluding hydrogens is 518 g/mol. The molecule has 1 aromatic rings. The number of carbonyl (C=O) groups excluding carboxylic acids is 3. The fourth-order valence-electron chi connectivity index (χ4n) is 7.59. The average Bonchev–Trinajstić information content (AvgIpc) is 3.58. The summed E-state index contributed by atoms with van der Waals surface area (Å²) in [6.45, 7) is 14.9. The number of hydrogen-bond donors (Lipinski definition) is 1. The van der Waals surface area contributed by atoms with Gasteiger partial charge in [-0.3, -0.25) is 14.4 Å². The number of unbranched alkanes of at least 4 members (excludes halogenated alkanes) is 1. The summed E-state index contributed by atoms with van der Waals surface area (Å²) >= 11 is 0. The number of carbonyl (C=O) groups is 3. The van der Waals surface area contributed by atoms with Crippen LogP contribution in [0, 0.1) is 11.8 Å². The van der Waals surface area contributed by atoms with Gasteiger partial charge in [0.15, 0.2) is 0 Å². The van der Waals surface area contributed by atoms with Gasteiger partial charge >= 0.3 is 0 Å². The molecule has 3 aliphatic rings. The Balaban J connectivity index is 1.80. The van der Waals surface area contributed by atoms with Crippen LogP contribution >= 0.6 is 0 Å². The van der Waals surface area contributed by atoms with Crippen molar-refractivity contribution in [2.24, 2.45) is 11.8 Å². The van der Waals surface area contributed by atoms with E-state index in [9.17, 15) is 19.5 Å². The minimum atomic E-state index is -1.08. The third kappa shape index (κ3) is 5.25. The highest BCUT2D eigenvalue weighted by Crippen LogP contribution is 2.64. The van der Waals surface area contributed by atoms with Gasteiger partial charge in [-0.15, -0.1) is 13.2 Å². The summed E-state index contributed by atoms with van der Waals surface area (Å²) in [5.74, 6) is -1.97. The fraction of sp³-hybridized carbons (Fsp3) is 0.606. The molecule has 8 heteroatoms. The van der Waals surface area contributed by atoms with Crippen molar-refractivity contribution in [2.45, 2.75) is 89.0 Å². The van der Waals surface area contributed by atoms with E-state index in [1.54, 1.807) is 22.0 Å². The first-order chi connectivity index (χ1) is 19.8. The summed E-state index contributed by atoms with van der Waals surface area (Å²) in [5, 5.41) is 9.46. The lowest BCUT2D eigenvalue weighted by Gasteiger charge is -2.39. The molecule has 8 nitrogen and oxygen atoms in total. The summed E-state index contributed by atoms with van der Waals surface area (Å²) in [7, 11) is 0. The van der Waals surface area contributed by atoms with Crippen LogP contribution in [0.25, 0.3) is 0 Å². The maximum absolute atomic E-state index is 14.5. The maximum Gasteiger partial charge on any atom is 0.248 e. The van der Waals surface area contributed by atoms with Gasteiger partial charge in [-0.25, -0.2) is 0 Å². The van der Waals surface area contributed by atoms with Crippen LogP contribution < -0.4 is 4.90 Å². The number of rotatable bonds is 15. The van der Waals surface area contributed by atoms with Gasteiger partial charge in [0.05, 0.1) is 17.4 Å². The molecule has 1 N–H and O–H groups in total. The number of aliphatic hydroxyl groups is 1. The van der Waals surface area contributed by atoms with Gasteiger partial charge in [-0.1, -0.05) is 50.6 Å². The van der Waals surface area contributed by atoms with Gasteiger partial charge in [0.2, 0.25) is 17.7 Å². The van der Waals surface area contributed by atoms with Gasteiger partial charge in [0, 0.05) is 38.0 Å². The van der Waals surface area contributed by atoms with E-state index in [0.29, 0.717) is 51.7 Å². The number of ether oxygens (including phenoxy) is 1. The minimum absolute atomic E-state index is 0.00941. The topological polar surface area (TPSA) is 90.4 Å². The molecule has 0 saturated carbocycles. The molecule has 3 aliphatic heterocycles. The van der Waals surface area contributed by atoms with Crippen LogP contribution in [0.4, 0.5) is 5.69 Å². The second kappa shape index (κ2) is 12.9. The van der Waals surface area contributed by atoms with Crippen LogP contribution in [0.2, 0.25) is 0 Å². The number of para-hydroxylation sites is 1. The summed E-state index contributed by atoms with van der Waals surface area (Å²) in [6.07, 6.45) is 7.98. The zero-order valence-corrected chi connectivity index (χ0v) is 25.0. The second-order valence-corrected chi connectivity index (χ2v) is 11.8. The van der Waals surface area contributed by atoms with Gasteiger partial charge in [0.1, 0.15) is 11.6 Å². The Morgan fingerprint density at radius 1 is 1.12 bits per heavy atom. The third-order valence-electron chi connectivity index (χ3n) is 9.48. The normalized spacial score (nSPS) is 28.8. The molecule has 3 heterocycles. The van der Waals surface area contributed by atoms with E-state index in [4.69, 9.17) is 4.74 Å². The van der Waals surface area contributed by atoms with E-state index in [0.717, 1.165) is 18.5 Å². The standard InChI is InChI=1S/C33H47N3O5/c1-6-15-24(5)34(20-7-2)31(40)28-33-19-18-32(9-4,41-33)26(27(33)30(39)36(28)22-13-14-23-37)29(38)35(21-8-3)25-16-11-10-12-17-25/h7-8,10-12,16-17,24,26-28,37H,2-3,6,9,13-15,18-23H2,1,4-5H3/t24?,26-,27+,28?,32+,33?/m1/s1.